The third-order valence-corrected chi connectivity index (χ3v) is 1.96. The molecule has 0 aliphatic carbocycles. The van der Waals surface area contributed by atoms with Crippen molar-refractivity contribution < 1.29 is 0 Å². The van der Waals surface area contributed by atoms with Gasteiger partial charge in [-0.3, -0.25) is 4.98 Å². The van der Waals surface area contributed by atoms with Crippen LogP contribution in [0.2, 0.25) is 0 Å². The molecule has 0 spiro atoms. The number of hydrogen-bond acceptors (Lipinski definition) is 2. The molecule has 64 valence electrons. The van der Waals surface area contributed by atoms with Crippen LogP contribution in [0.15, 0.2) is 24.9 Å². The Bertz CT molecular complexity index is 268. The molecule has 1 aromatic heterocycles. The van der Waals surface area contributed by atoms with E-state index >= 15 is 0 Å². The van der Waals surface area contributed by atoms with Crippen LogP contribution in [0.25, 0.3) is 6.08 Å². The molecule has 1 aromatic rings. The standard InChI is InChI=1S/C10H14N2/c1-4-10-9(8(2)11-3)6-5-7-12-10/h4-8,11H,1H2,2-3H3/t8-/m1/s1. The van der Waals surface area contributed by atoms with Crippen molar-refractivity contribution >= 4 is 6.08 Å². The van der Waals surface area contributed by atoms with Gasteiger partial charge >= 0.3 is 0 Å². The third kappa shape index (κ3) is 1.71. The number of nitrogens with one attached hydrogen (secondary N) is 1. The largest absolute Gasteiger partial charge is 0.313 e. The van der Waals surface area contributed by atoms with Crippen LogP contribution < -0.4 is 5.32 Å². The fourth-order valence-electron chi connectivity index (χ4n) is 1.12. The molecule has 0 radical (unpaired) electrons. The average molecular weight is 162 g/mol. The van der Waals surface area contributed by atoms with Crippen LogP contribution >= 0.6 is 0 Å². The van der Waals surface area contributed by atoms with Crippen LogP contribution in [0.5, 0.6) is 0 Å². The number of pyridine rings is 1. The van der Waals surface area contributed by atoms with Gasteiger partial charge in [-0.05, 0) is 31.7 Å². The van der Waals surface area contributed by atoms with Gasteiger partial charge in [0.05, 0.1) is 5.69 Å². The summed E-state index contributed by atoms with van der Waals surface area (Å²) < 4.78 is 0. The molecule has 0 aliphatic rings. The predicted octanol–water partition coefficient (Wildman–Crippen LogP) is 2.00. The maximum Gasteiger partial charge on any atom is 0.0671 e. The molecule has 1 N–H and O–H groups in total. The Morgan fingerprint density at radius 2 is 2.42 bits per heavy atom. The first-order chi connectivity index (χ1) is 5.79. The van der Waals surface area contributed by atoms with E-state index in [-0.39, 0.29) is 0 Å². The Kier molecular flexibility index (Phi) is 3.00. The normalized spacial score (nSPS) is 12.5. The summed E-state index contributed by atoms with van der Waals surface area (Å²) >= 11 is 0. The highest BCUT2D eigenvalue weighted by Crippen LogP contribution is 2.15. The summed E-state index contributed by atoms with van der Waals surface area (Å²) in [6.07, 6.45) is 3.56. The molecule has 1 atom stereocenters. The molecule has 12 heavy (non-hydrogen) atoms. The highest BCUT2D eigenvalue weighted by Gasteiger charge is 2.05. The van der Waals surface area contributed by atoms with E-state index in [0.717, 1.165) is 5.69 Å². The van der Waals surface area contributed by atoms with Gasteiger partial charge in [0.2, 0.25) is 0 Å². The minimum Gasteiger partial charge on any atom is -0.313 e. The maximum absolute atomic E-state index is 4.21. The molecule has 0 saturated carbocycles. The van der Waals surface area contributed by atoms with E-state index < -0.39 is 0 Å². The Morgan fingerprint density at radius 3 is 3.00 bits per heavy atom. The summed E-state index contributed by atoms with van der Waals surface area (Å²) in [7, 11) is 1.94. The van der Waals surface area contributed by atoms with E-state index in [0.29, 0.717) is 6.04 Å². The van der Waals surface area contributed by atoms with Crippen LogP contribution in [0, 0.1) is 0 Å². The fraction of sp³-hybridized carbons (Fsp3) is 0.300. The second-order valence-electron chi connectivity index (χ2n) is 2.69. The molecule has 1 rings (SSSR count). The molecule has 0 fully saturated rings. The summed E-state index contributed by atoms with van der Waals surface area (Å²) in [6, 6.07) is 4.33. The van der Waals surface area contributed by atoms with Crippen LogP contribution in [-0.2, 0) is 0 Å². The highest BCUT2D eigenvalue weighted by molar-refractivity contribution is 5.47. The zero-order valence-electron chi connectivity index (χ0n) is 7.54. The molecule has 0 aromatic carbocycles. The molecule has 0 amide bonds. The highest BCUT2D eigenvalue weighted by atomic mass is 14.9. The topological polar surface area (TPSA) is 24.9 Å². The van der Waals surface area contributed by atoms with Gasteiger partial charge < -0.3 is 5.32 Å². The van der Waals surface area contributed by atoms with E-state index in [1.807, 2.05) is 13.1 Å². The molecule has 2 nitrogen and oxygen atoms in total. The zero-order valence-corrected chi connectivity index (χ0v) is 7.54. The number of aromatic nitrogens is 1. The summed E-state index contributed by atoms with van der Waals surface area (Å²) in [5.74, 6) is 0. The average Bonchev–Trinajstić information content (AvgIpc) is 2.16. The Balaban J connectivity index is 3.04. The van der Waals surface area contributed by atoms with Gasteiger partial charge in [-0.15, -0.1) is 0 Å². The van der Waals surface area contributed by atoms with Gasteiger partial charge in [0.1, 0.15) is 0 Å². The van der Waals surface area contributed by atoms with Gasteiger partial charge in [-0.1, -0.05) is 12.6 Å². The number of rotatable bonds is 3. The molecule has 0 bridgehead atoms. The lowest BCUT2D eigenvalue weighted by molar-refractivity contribution is 0.648. The Labute approximate surface area is 73.3 Å². The van der Waals surface area contributed by atoms with Crippen molar-refractivity contribution in [2.45, 2.75) is 13.0 Å². The molecular weight excluding hydrogens is 148 g/mol. The Morgan fingerprint density at radius 1 is 1.67 bits per heavy atom. The van der Waals surface area contributed by atoms with Gasteiger partial charge in [-0.2, -0.15) is 0 Å². The van der Waals surface area contributed by atoms with Crippen molar-refractivity contribution in [1.29, 1.82) is 0 Å². The molecule has 2 heteroatoms. The fourth-order valence-corrected chi connectivity index (χ4v) is 1.12. The van der Waals surface area contributed by atoms with Crippen molar-refractivity contribution in [3.05, 3.63) is 36.2 Å². The minimum atomic E-state index is 0.326. The van der Waals surface area contributed by atoms with Crippen LogP contribution in [0.4, 0.5) is 0 Å². The second-order valence-corrected chi connectivity index (χ2v) is 2.69. The molecule has 0 saturated heterocycles. The lowest BCUT2D eigenvalue weighted by Gasteiger charge is -2.12. The van der Waals surface area contributed by atoms with E-state index in [4.69, 9.17) is 0 Å². The molecule has 0 unspecified atom stereocenters. The SMILES string of the molecule is C=Cc1ncccc1[C@@H](C)NC. The van der Waals surface area contributed by atoms with Crippen molar-refractivity contribution in [2.24, 2.45) is 0 Å². The van der Waals surface area contributed by atoms with E-state index in [2.05, 4.69) is 29.9 Å². The molecular formula is C10H14N2. The van der Waals surface area contributed by atoms with Gasteiger partial charge in [0.25, 0.3) is 0 Å². The first-order valence-corrected chi connectivity index (χ1v) is 4.04. The van der Waals surface area contributed by atoms with Crippen LogP contribution in [-0.4, -0.2) is 12.0 Å². The first-order valence-electron chi connectivity index (χ1n) is 4.04. The van der Waals surface area contributed by atoms with Crippen LogP contribution in [0.3, 0.4) is 0 Å². The van der Waals surface area contributed by atoms with Gasteiger partial charge in [0, 0.05) is 12.2 Å². The quantitative estimate of drug-likeness (QED) is 0.735. The third-order valence-electron chi connectivity index (χ3n) is 1.96. The smallest absolute Gasteiger partial charge is 0.0671 e. The van der Waals surface area contributed by atoms with E-state index in [9.17, 15) is 0 Å². The van der Waals surface area contributed by atoms with Crippen LogP contribution in [0.1, 0.15) is 24.2 Å². The van der Waals surface area contributed by atoms with E-state index in [1.54, 1.807) is 12.3 Å². The van der Waals surface area contributed by atoms with Crippen molar-refractivity contribution in [3.8, 4) is 0 Å². The number of hydrogen-bond donors (Lipinski definition) is 1. The number of nitrogens with zero attached hydrogens (tertiary/aromatic N) is 1. The lowest BCUT2D eigenvalue weighted by Crippen LogP contribution is -2.13. The lowest BCUT2D eigenvalue weighted by atomic mass is 10.1. The minimum absolute atomic E-state index is 0.326. The first kappa shape index (κ1) is 8.94. The van der Waals surface area contributed by atoms with E-state index in [1.165, 1.54) is 5.56 Å². The van der Waals surface area contributed by atoms with Gasteiger partial charge in [0.15, 0.2) is 0 Å². The monoisotopic (exact) mass is 162 g/mol. The van der Waals surface area contributed by atoms with Crippen molar-refractivity contribution in [1.82, 2.24) is 10.3 Å². The summed E-state index contributed by atoms with van der Waals surface area (Å²) in [5.41, 5.74) is 2.15. The Hall–Kier alpha value is -1.15. The van der Waals surface area contributed by atoms with Gasteiger partial charge in [-0.25, -0.2) is 0 Å². The summed E-state index contributed by atoms with van der Waals surface area (Å²) in [4.78, 5) is 4.21. The predicted molar refractivity (Wildman–Crippen MR) is 51.8 cm³/mol. The maximum atomic E-state index is 4.21. The zero-order chi connectivity index (χ0) is 8.97. The summed E-state index contributed by atoms with van der Waals surface area (Å²) in [6.45, 7) is 5.82. The van der Waals surface area contributed by atoms with Crippen molar-refractivity contribution in [3.63, 3.8) is 0 Å². The second kappa shape index (κ2) is 4.02. The molecule has 0 aliphatic heterocycles. The summed E-state index contributed by atoms with van der Waals surface area (Å²) in [5, 5.41) is 3.17. The molecule has 1 heterocycles. The van der Waals surface area contributed by atoms with Crippen molar-refractivity contribution in [2.75, 3.05) is 7.05 Å².